The Labute approximate surface area is 117 Å². The quantitative estimate of drug-likeness (QED) is 0.745. The van der Waals surface area contributed by atoms with Gasteiger partial charge in [0.15, 0.2) is 0 Å². The Morgan fingerprint density at radius 1 is 1.22 bits per heavy atom. The molecule has 3 rings (SSSR count). The second-order valence-electron chi connectivity index (χ2n) is 3.65. The number of nitrogens with two attached hydrogens (primary N) is 1. The van der Waals surface area contributed by atoms with Gasteiger partial charge >= 0.3 is 0 Å². The van der Waals surface area contributed by atoms with Crippen LogP contribution in [0.1, 0.15) is 4.88 Å². The molecule has 88 valence electrons. The van der Waals surface area contributed by atoms with Crippen molar-refractivity contribution in [2.45, 2.75) is 0 Å². The maximum Gasteiger partial charge on any atom is 0.129 e. The van der Waals surface area contributed by atoms with Gasteiger partial charge in [-0.25, -0.2) is 0 Å². The van der Waals surface area contributed by atoms with Crippen LogP contribution < -0.4 is 5.73 Å². The van der Waals surface area contributed by atoms with Gasteiger partial charge in [-0.2, -0.15) is 16.6 Å². The van der Waals surface area contributed by atoms with Crippen molar-refractivity contribution >= 4 is 39.7 Å². The third-order valence-corrected chi connectivity index (χ3v) is 5.33. The molecular weight excluding hydrogens is 280 g/mol. The fourth-order valence-corrected chi connectivity index (χ4v) is 4.39. The van der Waals surface area contributed by atoms with Crippen LogP contribution in [0.15, 0.2) is 34.3 Å². The van der Waals surface area contributed by atoms with Gasteiger partial charge in [0, 0.05) is 20.9 Å². The van der Waals surface area contributed by atoms with Gasteiger partial charge in [-0.15, -0.1) is 22.7 Å². The maximum atomic E-state index is 9.14. The SMILES string of the molecule is N#Cc1sc(-c2ccsc2)c(-c2cccs2)c1N. The molecule has 5 heteroatoms. The summed E-state index contributed by atoms with van der Waals surface area (Å²) in [6.45, 7) is 0. The van der Waals surface area contributed by atoms with E-state index in [1.54, 1.807) is 22.7 Å². The molecule has 0 saturated heterocycles. The smallest absolute Gasteiger partial charge is 0.129 e. The zero-order valence-corrected chi connectivity index (χ0v) is 11.7. The summed E-state index contributed by atoms with van der Waals surface area (Å²) in [6.07, 6.45) is 0. The van der Waals surface area contributed by atoms with E-state index in [1.807, 2.05) is 22.9 Å². The lowest BCUT2D eigenvalue weighted by molar-refractivity contribution is 1.52. The first kappa shape index (κ1) is 11.5. The van der Waals surface area contributed by atoms with E-state index in [0.717, 1.165) is 20.9 Å². The van der Waals surface area contributed by atoms with Gasteiger partial charge in [0.2, 0.25) is 0 Å². The van der Waals surface area contributed by atoms with Crippen molar-refractivity contribution in [2.24, 2.45) is 0 Å². The highest BCUT2D eigenvalue weighted by atomic mass is 32.1. The van der Waals surface area contributed by atoms with E-state index in [1.165, 1.54) is 11.3 Å². The molecule has 3 heterocycles. The lowest BCUT2D eigenvalue weighted by Gasteiger charge is -2.00. The Balaban J connectivity index is 2.29. The van der Waals surface area contributed by atoms with Crippen LogP contribution in [0.2, 0.25) is 0 Å². The number of nitriles is 1. The van der Waals surface area contributed by atoms with E-state index in [2.05, 4.69) is 17.5 Å². The topological polar surface area (TPSA) is 49.8 Å². The summed E-state index contributed by atoms with van der Waals surface area (Å²) in [7, 11) is 0. The van der Waals surface area contributed by atoms with Crippen molar-refractivity contribution in [3.63, 3.8) is 0 Å². The highest BCUT2D eigenvalue weighted by Gasteiger charge is 2.19. The number of anilines is 1. The Hall–Kier alpha value is -1.61. The van der Waals surface area contributed by atoms with E-state index in [-0.39, 0.29) is 0 Å². The summed E-state index contributed by atoms with van der Waals surface area (Å²) in [5, 5.41) is 15.3. The Morgan fingerprint density at radius 3 is 2.72 bits per heavy atom. The van der Waals surface area contributed by atoms with Gasteiger partial charge in [0.05, 0.1) is 5.69 Å². The van der Waals surface area contributed by atoms with Crippen LogP contribution in [0.25, 0.3) is 20.9 Å². The predicted molar refractivity (Wildman–Crippen MR) is 80.1 cm³/mol. The molecule has 3 aromatic rings. The molecule has 0 fully saturated rings. The number of thiophene rings is 3. The standard InChI is InChI=1S/C13H8N2S3/c14-6-10-12(15)11(9-2-1-4-17-9)13(18-10)8-3-5-16-7-8/h1-5,7H,15H2. The molecule has 0 atom stereocenters. The third-order valence-electron chi connectivity index (χ3n) is 2.60. The summed E-state index contributed by atoms with van der Waals surface area (Å²) in [4.78, 5) is 2.80. The fraction of sp³-hybridized carbons (Fsp3) is 0. The van der Waals surface area contributed by atoms with Gasteiger partial charge in [0.1, 0.15) is 10.9 Å². The van der Waals surface area contributed by atoms with Crippen molar-refractivity contribution in [1.29, 1.82) is 5.26 Å². The van der Waals surface area contributed by atoms with Crippen LogP contribution in [0, 0.1) is 11.3 Å². The zero-order chi connectivity index (χ0) is 12.5. The van der Waals surface area contributed by atoms with Crippen molar-refractivity contribution in [2.75, 3.05) is 5.73 Å². The minimum atomic E-state index is 0.597. The average Bonchev–Trinajstić information content (AvgIpc) is 3.08. The molecule has 0 amide bonds. The van der Waals surface area contributed by atoms with Gasteiger partial charge in [-0.05, 0) is 28.3 Å². The first-order valence-electron chi connectivity index (χ1n) is 5.20. The molecule has 18 heavy (non-hydrogen) atoms. The fourth-order valence-electron chi connectivity index (χ4n) is 1.79. The molecular formula is C13H8N2S3. The molecule has 0 radical (unpaired) electrons. The third kappa shape index (κ3) is 1.75. The van der Waals surface area contributed by atoms with Crippen molar-refractivity contribution in [3.05, 3.63) is 39.2 Å². The molecule has 2 nitrogen and oxygen atoms in total. The molecule has 0 aromatic carbocycles. The van der Waals surface area contributed by atoms with Gasteiger partial charge < -0.3 is 5.73 Å². The molecule has 0 aliphatic rings. The summed E-state index contributed by atoms with van der Waals surface area (Å²) >= 11 is 4.76. The van der Waals surface area contributed by atoms with E-state index >= 15 is 0 Å². The van der Waals surface area contributed by atoms with Crippen LogP contribution in [0.3, 0.4) is 0 Å². The van der Waals surface area contributed by atoms with Gasteiger partial charge in [0.25, 0.3) is 0 Å². The van der Waals surface area contributed by atoms with E-state index < -0.39 is 0 Å². The van der Waals surface area contributed by atoms with Crippen LogP contribution in [0.5, 0.6) is 0 Å². The van der Waals surface area contributed by atoms with Crippen molar-refractivity contribution < 1.29 is 0 Å². The zero-order valence-electron chi connectivity index (χ0n) is 9.21. The molecule has 0 saturated carbocycles. The summed E-state index contributed by atoms with van der Waals surface area (Å²) in [6, 6.07) is 8.29. The minimum absolute atomic E-state index is 0.597. The lowest BCUT2D eigenvalue weighted by atomic mass is 10.1. The highest BCUT2D eigenvalue weighted by Crippen LogP contribution is 2.46. The van der Waals surface area contributed by atoms with Gasteiger partial charge in [-0.1, -0.05) is 6.07 Å². The van der Waals surface area contributed by atoms with Crippen LogP contribution >= 0.6 is 34.0 Å². The number of hydrogen-bond acceptors (Lipinski definition) is 5. The maximum absolute atomic E-state index is 9.14. The minimum Gasteiger partial charge on any atom is -0.396 e. The second kappa shape index (κ2) is 4.58. The summed E-state index contributed by atoms with van der Waals surface area (Å²) < 4.78 is 0. The normalized spacial score (nSPS) is 10.4. The first-order valence-corrected chi connectivity index (χ1v) is 7.84. The molecule has 0 aliphatic carbocycles. The van der Waals surface area contributed by atoms with E-state index in [9.17, 15) is 0 Å². The molecule has 0 aliphatic heterocycles. The Morgan fingerprint density at radius 2 is 2.11 bits per heavy atom. The van der Waals surface area contributed by atoms with Crippen LogP contribution in [-0.4, -0.2) is 0 Å². The molecule has 0 bridgehead atoms. The van der Waals surface area contributed by atoms with E-state index in [4.69, 9.17) is 11.0 Å². The van der Waals surface area contributed by atoms with Crippen molar-refractivity contribution in [1.82, 2.24) is 0 Å². The van der Waals surface area contributed by atoms with Crippen molar-refractivity contribution in [3.8, 4) is 27.0 Å². The molecule has 0 spiro atoms. The van der Waals surface area contributed by atoms with Crippen LogP contribution in [-0.2, 0) is 0 Å². The monoisotopic (exact) mass is 288 g/mol. The second-order valence-corrected chi connectivity index (χ2v) is 6.40. The number of hydrogen-bond donors (Lipinski definition) is 1. The Bertz CT molecular complexity index is 700. The molecule has 2 N–H and O–H groups in total. The number of nitrogen functional groups attached to an aromatic ring is 1. The summed E-state index contributed by atoms with van der Waals surface area (Å²) in [5.41, 5.74) is 8.86. The Kier molecular flexibility index (Phi) is 2.92. The van der Waals surface area contributed by atoms with E-state index in [0.29, 0.717) is 10.6 Å². The van der Waals surface area contributed by atoms with Crippen LogP contribution in [0.4, 0.5) is 5.69 Å². The molecule has 3 aromatic heterocycles. The largest absolute Gasteiger partial charge is 0.396 e. The average molecular weight is 288 g/mol. The lowest BCUT2D eigenvalue weighted by Crippen LogP contribution is -1.87. The highest BCUT2D eigenvalue weighted by molar-refractivity contribution is 7.19. The van der Waals surface area contributed by atoms with Gasteiger partial charge in [-0.3, -0.25) is 0 Å². The number of rotatable bonds is 2. The number of nitrogens with zero attached hydrogens (tertiary/aromatic N) is 1. The summed E-state index contributed by atoms with van der Waals surface area (Å²) in [5.74, 6) is 0. The predicted octanol–water partition coefficient (Wildman–Crippen LogP) is 4.66. The molecule has 0 unspecified atom stereocenters. The first-order chi connectivity index (χ1) is 8.81.